The van der Waals surface area contributed by atoms with Gasteiger partial charge in [0, 0.05) is 23.5 Å². The number of amides is 1. The molecule has 0 aliphatic rings. The van der Waals surface area contributed by atoms with Gasteiger partial charge in [0.2, 0.25) is 0 Å². The zero-order valence-electron chi connectivity index (χ0n) is 11.8. The SMILES string of the molecule is O=C(NCC#Cc1ccccc1)c1ccc2nccnc2c1. The third-order valence-corrected chi connectivity index (χ3v) is 3.08. The van der Waals surface area contributed by atoms with E-state index in [0.29, 0.717) is 17.6 Å². The Hall–Kier alpha value is -3.19. The molecule has 4 nitrogen and oxygen atoms in total. The Labute approximate surface area is 128 Å². The van der Waals surface area contributed by atoms with Crippen molar-refractivity contribution in [3.63, 3.8) is 0 Å². The number of fused-ring (bicyclic) bond motifs is 1. The number of rotatable bonds is 2. The molecule has 0 bridgehead atoms. The standard InChI is InChI=1S/C18H13N3O/c22-18(21-10-4-7-14-5-2-1-3-6-14)15-8-9-16-17(13-15)20-12-11-19-16/h1-3,5-6,8-9,11-13H,10H2,(H,21,22). The molecule has 0 aliphatic carbocycles. The second-order valence-electron chi connectivity index (χ2n) is 4.61. The van der Waals surface area contributed by atoms with Crippen LogP contribution in [0.1, 0.15) is 15.9 Å². The van der Waals surface area contributed by atoms with Crippen molar-refractivity contribution in [2.45, 2.75) is 0 Å². The zero-order valence-corrected chi connectivity index (χ0v) is 11.8. The first-order chi connectivity index (χ1) is 10.8. The van der Waals surface area contributed by atoms with Crippen molar-refractivity contribution in [2.75, 3.05) is 6.54 Å². The van der Waals surface area contributed by atoms with Gasteiger partial charge in [-0.3, -0.25) is 14.8 Å². The monoisotopic (exact) mass is 287 g/mol. The maximum Gasteiger partial charge on any atom is 0.252 e. The zero-order chi connectivity index (χ0) is 15.2. The van der Waals surface area contributed by atoms with E-state index in [1.54, 1.807) is 30.6 Å². The first-order valence-electron chi connectivity index (χ1n) is 6.86. The number of benzene rings is 2. The molecule has 0 saturated heterocycles. The van der Waals surface area contributed by atoms with Crippen LogP contribution < -0.4 is 5.32 Å². The molecule has 3 rings (SSSR count). The highest BCUT2D eigenvalue weighted by atomic mass is 16.1. The Morgan fingerprint density at radius 3 is 2.59 bits per heavy atom. The summed E-state index contributed by atoms with van der Waals surface area (Å²) in [5.74, 6) is 5.75. The van der Waals surface area contributed by atoms with Crippen molar-refractivity contribution in [1.82, 2.24) is 15.3 Å². The fourth-order valence-electron chi connectivity index (χ4n) is 2.00. The van der Waals surface area contributed by atoms with E-state index < -0.39 is 0 Å². The molecule has 0 unspecified atom stereocenters. The van der Waals surface area contributed by atoms with Gasteiger partial charge in [-0.15, -0.1) is 0 Å². The van der Waals surface area contributed by atoms with Crippen molar-refractivity contribution in [3.8, 4) is 11.8 Å². The van der Waals surface area contributed by atoms with E-state index in [-0.39, 0.29) is 5.91 Å². The molecule has 1 N–H and O–H groups in total. The predicted molar refractivity (Wildman–Crippen MR) is 85.2 cm³/mol. The van der Waals surface area contributed by atoms with Gasteiger partial charge in [0.25, 0.3) is 5.91 Å². The molecule has 0 radical (unpaired) electrons. The summed E-state index contributed by atoms with van der Waals surface area (Å²) in [6, 6.07) is 14.9. The number of carbonyl (C=O) groups is 1. The van der Waals surface area contributed by atoms with Crippen LogP contribution in [0.4, 0.5) is 0 Å². The van der Waals surface area contributed by atoms with Gasteiger partial charge in [-0.25, -0.2) is 0 Å². The number of hydrogen-bond acceptors (Lipinski definition) is 3. The summed E-state index contributed by atoms with van der Waals surface area (Å²) in [7, 11) is 0. The topological polar surface area (TPSA) is 54.9 Å². The third-order valence-electron chi connectivity index (χ3n) is 3.08. The van der Waals surface area contributed by atoms with E-state index in [0.717, 1.165) is 11.1 Å². The molecule has 0 aliphatic heterocycles. The smallest absolute Gasteiger partial charge is 0.252 e. The second kappa shape index (κ2) is 6.51. The Kier molecular flexibility index (Phi) is 4.08. The lowest BCUT2D eigenvalue weighted by Crippen LogP contribution is -2.23. The van der Waals surface area contributed by atoms with E-state index in [1.165, 1.54) is 0 Å². The van der Waals surface area contributed by atoms with Crippen LogP contribution in [0.2, 0.25) is 0 Å². The van der Waals surface area contributed by atoms with Crippen LogP contribution in [0, 0.1) is 11.8 Å². The lowest BCUT2D eigenvalue weighted by atomic mass is 10.2. The molecule has 0 saturated carbocycles. The quantitative estimate of drug-likeness (QED) is 0.736. The van der Waals surface area contributed by atoms with E-state index in [1.807, 2.05) is 30.3 Å². The number of hydrogen-bond donors (Lipinski definition) is 1. The molecule has 4 heteroatoms. The van der Waals surface area contributed by atoms with Gasteiger partial charge in [0.05, 0.1) is 17.6 Å². The highest BCUT2D eigenvalue weighted by molar-refractivity contribution is 5.97. The molecule has 0 fully saturated rings. The molecule has 2 aromatic carbocycles. The van der Waals surface area contributed by atoms with Gasteiger partial charge < -0.3 is 5.32 Å². The van der Waals surface area contributed by atoms with Crippen LogP contribution in [0.25, 0.3) is 11.0 Å². The maximum atomic E-state index is 12.1. The van der Waals surface area contributed by atoms with Crippen molar-refractivity contribution in [2.24, 2.45) is 0 Å². The summed E-state index contributed by atoms with van der Waals surface area (Å²) < 4.78 is 0. The summed E-state index contributed by atoms with van der Waals surface area (Å²) in [6.45, 7) is 0.298. The van der Waals surface area contributed by atoms with Gasteiger partial charge in [-0.1, -0.05) is 30.0 Å². The average molecular weight is 287 g/mol. The van der Waals surface area contributed by atoms with Crippen LogP contribution in [0.3, 0.4) is 0 Å². The first-order valence-corrected chi connectivity index (χ1v) is 6.86. The fraction of sp³-hybridized carbons (Fsp3) is 0.0556. The Morgan fingerprint density at radius 2 is 1.77 bits per heavy atom. The number of nitrogens with zero attached hydrogens (tertiary/aromatic N) is 2. The number of nitrogens with one attached hydrogen (secondary N) is 1. The number of carbonyl (C=O) groups excluding carboxylic acids is 1. The van der Waals surface area contributed by atoms with Crippen molar-refractivity contribution in [1.29, 1.82) is 0 Å². The van der Waals surface area contributed by atoms with Gasteiger partial charge in [0.15, 0.2) is 0 Å². The van der Waals surface area contributed by atoms with Crippen LogP contribution in [-0.2, 0) is 0 Å². The normalized spacial score (nSPS) is 9.82. The predicted octanol–water partition coefficient (Wildman–Crippen LogP) is 2.41. The van der Waals surface area contributed by atoms with E-state index in [2.05, 4.69) is 27.1 Å². The summed E-state index contributed by atoms with van der Waals surface area (Å²) in [5, 5.41) is 2.77. The molecule has 1 amide bonds. The maximum absolute atomic E-state index is 12.1. The minimum atomic E-state index is -0.171. The van der Waals surface area contributed by atoms with Crippen LogP contribution in [0.5, 0.6) is 0 Å². The molecular formula is C18H13N3O. The Balaban J connectivity index is 1.65. The molecule has 1 heterocycles. The Bertz CT molecular complexity index is 863. The second-order valence-corrected chi connectivity index (χ2v) is 4.61. The van der Waals surface area contributed by atoms with Crippen LogP contribution in [-0.4, -0.2) is 22.4 Å². The van der Waals surface area contributed by atoms with Crippen molar-refractivity contribution < 1.29 is 4.79 Å². The summed E-state index contributed by atoms with van der Waals surface area (Å²) in [5.41, 5.74) is 2.95. The fourth-order valence-corrected chi connectivity index (χ4v) is 2.00. The molecule has 0 spiro atoms. The van der Waals surface area contributed by atoms with Crippen LogP contribution in [0.15, 0.2) is 60.9 Å². The van der Waals surface area contributed by atoms with Crippen molar-refractivity contribution in [3.05, 3.63) is 72.1 Å². The molecule has 106 valence electrons. The average Bonchev–Trinajstić information content (AvgIpc) is 2.59. The van der Waals surface area contributed by atoms with Gasteiger partial charge >= 0.3 is 0 Å². The first kappa shape index (κ1) is 13.8. The minimum Gasteiger partial charge on any atom is -0.341 e. The van der Waals surface area contributed by atoms with E-state index in [4.69, 9.17) is 0 Å². The van der Waals surface area contributed by atoms with E-state index >= 15 is 0 Å². The van der Waals surface area contributed by atoms with Gasteiger partial charge in [-0.05, 0) is 30.3 Å². The molecule has 1 aromatic heterocycles. The molecule has 3 aromatic rings. The molecule has 22 heavy (non-hydrogen) atoms. The largest absolute Gasteiger partial charge is 0.341 e. The van der Waals surface area contributed by atoms with Gasteiger partial charge in [0.1, 0.15) is 0 Å². The number of aromatic nitrogens is 2. The van der Waals surface area contributed by atoms with E-state index in [9.17, 15) is 4.79 Å². The lowest BCUT2D eigenvalue weighted by Gasteiger charge is -2.02. The highest BCUT2D eigenvalue weighted by Crippen LogP contribution is 2.10. The summed E-state index contributed by atoms with van der Waals surface area (Å²) in [4.78, 5) is 20.4. The third kappa shape index (κ3) is 3.28. The Morgan fingerprint density at radius 1 is 1.00 bits per heavy atom. The summed E-state index contributed by atoms with van der Waals surface area (Å²) in [6.07, 6.45) is 3.23. The highest BCUT2D eigenvalue weighted by Gasteiger charge is 2.05. The molecular weight excluding hydrogens is 274 g/mol. The molecule has 0 atom stereocenters. The minimum absolute atomic E-state index is 0.171. The van der Waals surface area contributed by atoms with Crippen LogP contribution >= 0.6 is 0 Å². The summed E-state index contributed by atoms with van der Waals surface area (Å²) >= 11 is 0. The van der Waals surface area contributed by atoms with Crippen molar-refractivity contribution >= 4 is 16.9 Å². The lowest BCUT2D eigenvalue weighted by molar-refractivity contribution is 0.0959. The van der Waals surface area contributed by atoms with Gasteiger partial charge in [-0.2, -0.15) is 0 Å².